The molecule has 0 saturated carbocycles. The Kier molecular flexibility index (Phi) is 5.76. The Morgan fingerprint density at radius 2 is 2.35 bits per heavy atom. The van der Waals surface area contributed by atoms with Crippen molar-refractivity contribution in [2.45, 2.75) is 64.4 Å². The lowest BCUT2D eigenvalue weighted by molar-refractivity contribution is -0.163. The van der Waals surface area contributed by atoms with Crippen LogP contribution < -0.4 is 0 Å². The van der Waals surface area contributed by atoms with Gasteiger partial charge in [-0.3, -0.25) is 4.79 Å². The molecule has 0 aromatic carbocycles. The number of piperidine rings is 1. The lowest BCUT2D eigenvalue weighted by atomic mass is 9.73. The summed E-state index contributed by atoms with van der Waals surface area (Å²) in [6, 6.07) is 0. The van der Waals surface area contributed by atoms with Crippen LogP contribution in [-0.2, 0) is 14.3 Å². The Labute approximate surface area is 140 Å². The van der Waals surface area contributed by atoms with E-state index in [9.17, 15) is 4.79 Å². The summed E-state index contributed by atoms with van der Waals surface area (Å²) in [4.78, 5) is 14.8. The first-order valence-electron chi connectivity index (χ1n) is 9.38. The maximum Gasteiger partial charge on any atom is 0.226 e. The Morgan fingerprint density at radius 1 is 1.43 bits per heavy atom. The second-order valence-corrected chi connectivity index (χ2v) is 7.35. The van der Waals surface area contributed by atoms with Crippen LogP contribution in [0, 0.1) is 5.41 Å². The molecule has 0 aromatic heterocycles. The summed E-state index contributed by atoms with van der Waals surface area (Å²) in [6.07, 6.45) is 11.1. The van der Waals surface area contributed by atoms with Gasteiger partial charge in [0.05, 0.1) is 12.7 Å². The lowest BCUT2D eigenvalue weighted by Crippen LogP contribution is -2.58. The molecule has 0 spiro atoms. The molecule has 4 nitrogen and oxygen atoms in total. The molecule has 2 fully saturated rings. The Hall–Kier alpha value is -0.870. The van der Waals surface area contributed by atoms with Crippen LogP contribution in [-0.4, -0.2) is 49.8 Å². The highest BCUT2D eigenvalue weighted by Crippen LogP contribution is 2.40. The third-order valence-electron chi connectivity index (χ3n) is 5.70. The summed E-state index contributed by atoms with van der Waals surface area (Å²) < 4.78 is 11.8. The molecule has 3 aliphatic rings. The van der Waals surface area contributed by atoms with Gasteiger partial charge < -0.3 is 14.4 Å². The molecule has 2 heterocycles. The highest BCUT2D eigenvalue weighted by molar-refractivity contribution is 5.79. The van der Waals surface area contributed by atoms with Crippen molar-refractivity contribution in [3.63, 3.8) is 0 Å². The minimum absolute atomic E-state index is 0.0170. The highest BCUT2D eigenvalue weighted by Gasteiger charge is 2.47. The zero-order valence-corrected chi connectivity index (χ0v) is 14.5. The minimum Gasteiger partial charge on any atom is -0.381 e. The van der Waals surface area contributed by atoms with Crippen LogP contribution in [0.1, 0.15) is 58.3 Å². The summed E-state index contributed by atoms with van der Waals surface area (Å²) >= 11 is 0. The van der Waals surface area contributed by atoms with Gasteiger partial charge in [0.15, 0.2) is 0 Å². The molecular formula is C19H31NO3. The summed E-state index contributed by atoms with van der Waals surface area (Å²) in [6.45, 7) is 6.00. The monoisotopic (exact) mass is 321 g/mol. The van der Waals surface area contributed by atoms with E-state index in [2.05, 4.69) is 11.0 Å². The van der Waals surface area contributed by atoms with E-state index in [0.29, 0.717) is 12.3 Å². The molecular weight excluding hydrogens is 290 g/mol. The standard InChI is InChI=1S/C19H31NO3/c1-2-22-15-19-10-6-12-23-17(19)9-11-20(14-19)18(21)13-16-7-4-3-5-8-16/h7,17H,2-6,8-15H2,1H3/t17-,19-/m0/s1. The molecule has 0 bridgehead atoms. The van der Waals surface area contributed by atoms with E-state index >= 15 is 0 Å². The van der Waals surface area contributed by atoms with Crippen LogP contribution in [0.15, 0.2) is 11.6 Å². The molecule has 0 aromatic rings. The van der Waals surface area contributed by atoms with E-state index < -0.39 is 0 Å². The van der Waals surface area contributed by atoms with Crippen molar-refractivity contribution < 1.29 is 14.3 Å². The number of rotatable bonds is 5. The number of carbonyl (C=O) groups is 1. The maximum absolute atomic E-state index is 12.8. The summed E-state index contributed by atoms with van der Waals surface area (Å²) in [5.74, 6) is 0.304. The predicted molar refractivity (Wildman–Crippen MR) is 90.3 cm³/mol. The van der Waals surface area contributed by atoms with Gasteiger partial charge in [0.1, 0.15) is 0 Å². The van der Waals surface area contributed by atoms with Gasteiger partial charge in [0.25, 0.3) is 0 Å². The van der Waals surface area contributed by atoms with Crippen molar-refractivity contribution in [1.82, 2.24) is 4.90 Å². The van der Waals surface area contributed by atoms with E-state index in [-0.39, 0.29) is 11.5 Å². The first kappa shape index (κ1) is 17.0. The maximum atomic E-state index is 12.8. The predicted octanol–water partition coefficient (Wildman–Crippen LogP) is 3.31. The number of ether oxygens (including phenoxy) is 2. The zero-order chi connectivity index (χ0) is 16.1. The summed E-state index contributed by atoms with van der Waals surface area (Å²) in [7, 11) is 0. The van der Waals surface area contributed by atoms with Crippen LogP contribution in [0.5, 0.6) is 0 Å². The van der Waals surface area contributed by atoms with Gasteiger partial charge in [-0.25, -0.2) is 0 Å². The van der Waals surface area contributed by atoms with Gasteiger partial charge >= 0.3 is 0 Å². The van der Waals surface area contributed by atoms with Crippen molar-refractivity contribution in [3.05, 3.63) is 11.6 Å². The van der Waals surface area contributed by atoms with E-state index in [4.69, 9.17) is 9.47 Å². The minimum atomic E-state index is 0.0170. The number of fused-ring (bicyclic) bond motifs is 1. The number of allylic oxidation sites excluding steroid dienone is 1. The third kappa shape index (κ3) is 3.97. The molecule has 130 valence electrons. The van der Waals surface area contributed by atoms with Gasteiger partial charge in [0, 0.05) is 38.1 Å². The summed E-state index contributed by atoms with van der Waals surface area (Å²) in [5, 5.41) is 0. The number of carbonyl (C=O) groups excluding carboxylic acids is 1. The number of hydrogen-bond donors (Lipinski definition) is 0. The fourth-order valence-electron chi connectivity index (χ4n) is 4.39. The van der Waals surface area contributed by atoms with Crippen LogP contribution in [0.25, 0.3) is 0 Å². The molecule has 0 unspecified atom stereocenters. The molecule has 2 saturated heterocycles. The fourth-order valence-corrected chi connectivity index (χ4v) is 4.39. The smallest absolute Gasteiger partial charge is 0.226 e. The van der Waals surface area contributed by atoms with Gasteiger partial charge in [-0.1, -0.05) is 11.6 Å². The Morgan fingerprint density at radius 3 is 3.13 bits per heavy atom. The van der Waals surface area contributed by atoms with Crippen LogP contribution in [0.4, 0.5) is 0 Å². The van der Waals surface area contributed by atoms with Crippen molar-refractivity contribution in [3.8, 4) is 0 Å². The van der Waals surface area contributed by atoms with Crippen LogP contribution in [0.3, 0.4) is 0 Å². The summed E-state index contributed by atoms with van der Waals surface area (Å²) in [5.41, 5.74) is 1.37. The second-order valence-electron chi connectivity index (χ2n) is 7.35. The van der Waals surface area contributed by atoms with Crippen molar-refractivity contribution in [2.75, 3.05) is 32.9 Å². The third-order valence-corrected chi connectivity index (χ3v) is 5.70. The molecule has 4 heteroatoms. The van der Waals surface area contributed by atoms with E-state index in [1.54, 1.807) is 0 Å². The second kappa shape index (κ2) is 7.80. The van der Waals surface area contributed by atoms with Crippen LogP contribution >= 0.6 is 0 Å². The molecule has 1 aliphatic carbocycles. The first-order valence-corrected chi connectivity index (χ1v) is 9.38. The Bertz CT molecular complexity index is 448. The molecule has 3 rings (SSSR count). The highest BCUT2D eigenvalue weighted by atomic mass is 16.5. The molecule has 0 N–H and O–H groups in total. The SMILES string of the molecule is CCOC[C@@]12CCCO[C@H]1CCN(C(=O)CC1=CCCCC1)C2. The zero-order valence-electron chi connectivity index (χ0n) is 14.5. The number of likely N-dealkylation sites (tertiary alicyclic amines) is 1. The Balaban J connectivity index is 1.64. The fraction of sp³-hybridized carbons (Fsp3) is 0.842. The average molecular weight is 321 g/mol. The van der Waals surface area contributed by atoms with Crippen LogP contribution in [0.2, 0.25) is 0 Å². The molecule has 2 aliphatic heterocycles. The van der Waals surface area contributed by atoms with Crippen molar-refractivity contribution in [2.24, 2.45) is 5.41 Å². The normalized spacial score (nSPS) is 31.4. The van der Waals surface area contributed by atoms with E-state index in [1.165, 1.54) is 18.4 Å². The van der Waals surface area contributed by atoms with Gasteiger partial charge in [-0.05, 0) is 51.9 Å². The largest absolute Gasteiger partial charge is 0.381 e. The van der Waals surface area contributed by atoms with Gasteiger partial charge in [-0.2, -0.15) is 0 Å². The lowest BCUT2D eigenvalue weighted by Gasteiger charge is -2.50. The van der Waals surface area contributed by atoms with Crippen molar-refractivity contribution >= 4 is 5.91 Å². The quantitative estimate of drug-likeness (QED) is 0.729. The first-order chi connectivity index (χ1) is 11.2. The number of hydrogen-bond acceptors (Lipinski definition) is 3. The van der Waals surface area contributed by atoms with Gasteiger partial charge in [-0.15, -0.1) is 0 Å². The molecule has 2 atom stereocenters. The van der Waals surface area contributed by atoms with Crippen molar-refractivity contribution in [1.29, 1.82) is 0 Å². The molecule has 23 heavy (non-hydrogen) atoms. The topological polar surface area (TPSA) is 38.8 Å². The van der Waals surface area contributed by atoms with Gasteiger partial charge in [0.2, 0.25) is 5.91 Å². The van der Waals surface area contributed by atoms with E-state index in [1.807, 2.05) is 6.92 Å². The average Bonchev–Trinajstić information content (AvgIpc) is 2.60. The molecule has 1 amide bonds. The number of amides is 1. The van der Waals surface area contributed by atoms with E-state index in [0.717, 1.165) is 65.0 Å². The number of nitrogens with zero attached hydrogens (tertiary/aromatic N) is 1. The molecule has 0 radical (unpaired) electrons.